The second-order valence-electron chi connectivity index (χ2n) is 14.7. The molecule has 4 atom stereocenters. The highest BCUT2D eigenvalue weighted by molar-refractivity contribution is 5.97. The standard InChI is InChI=1S/C50H46O16/c1-31(63-47(55)36-16-9-6-10-17-36)28-60-44(52)37-18-11-22-41(24-37)49(57)65-33(3)30-62-46(54)39-20-13-23-42(26-39)50(58)66-34(4)29-61-45(53)38-19-12-21-40(25-38)48(56)64-32(2)27-59-43(51)35-14-7-5-8-15-35/h5-26,31-34H,27-30H2,1-4H3. The molecule has 5 aromatic carbocycles. The van der Waals surface area contributed by atoms with E-state index in [9.17, 15) is 38.4 Å². The van der Waals surface area contributed by atoms with Crippen LogP contribution in [0.25, 0.3) is 0 Å². The van der Waals surface area contributed by atoms with Crippen LogP contribution in [-0.2, 0) is 37.9 Å². The number of benzene rings is 5. The van der Waals surface area contributed by atoms with Gasteiger partial charge in [0.15, 0.2) is 0 Å². The molecule has 0 spiro atoms. The van der Waals surface area contributed by atoms with Crippen molar-refractivity contribution in [3.8, 4) is 0 Å². The second-order valence-corrected chi connectivity index (χ2v) is 14.7. The van der Waals surface area contributed by atoms with Gasteiger partial charge < -0.3 is 37.9 Å². The lowest BCUT2D eigenvalue weighted by Crippen LogP contribution is -2.24. The van der Waals surface area contributed by atoms with Gasteiger partial charge in [0.05, 0.1) is 44.5 Å². The third-order valence-electron chi connectivity index (χ3n) is 9.05. The van der Waals surface area contributed by atoms with Crippen molar-refractivity contribution in [3.05, 3.63) is 178 Å². The molecule has 0 aliphatic rings. The lowest BCUT2D eigenvalue weighted by Gasteiger charge is -2.15. The summed E-state index contributed by atoms with van der Waals surface area (Å²) >= 11 is 0. The zero-order chi connectivity index (χ0) is 47.6. The molecule has 0 aromatic heterocycles. The highest BCUT2D eigenvalue weighted by Gasteiger charge is 2.22. The summed E-state index contributed by atoms with van der Waals surface area (Å²) in [4.78, 5) is 101. The Morgan fingerprint density at radius 2 is 0.485 bits per heavy atom. The molecule has 0 fully saturated rings. The van der Waals surface area contributed by atoms with Crippen molar-refractivity contribution in [3.63, 3.8) is 0 Å². The molecule has 5 rings (SSSR count). The minimum Gasteiger partial charge on any atom is -0.458 e. The summed E-state index contributed by atoms with van der Waals surface area (Å²) in [5, 5.41) is 0. The molecule has 0 heterocycles. The number of carbonyl (C=O) groups is 8. The van der Waals surface area contributed by atoms with Gasteiger partial charge in [-0.3, -0.25) is 0 Å². The van der Waals surface area contributed by atoms with Crippen molar-refractivity contribution in [2.45, 2.75) is 52.1 Å². The van der Waals surface area contributed by atoms with Gasteiger partial charge in [-0.25, -0.2) is 38.4 Å². The summed E-state index contributed by atoms with van der Waals surface area (Å²) in [6, 6.07) is 33.4. The molecule has 0 radical (unpaired) electrons. The van der Waals surface area contributed by atoms with Gasteiger partial charge in [-0.1, -0.05) is 54.6 Å². The average molecular weight is 903 g/mol. The van der Waals surface area contributed by atoms with Gasteiger partial charge in [-0.15, -0.1) is 0 Å². The molecule has 66 heavy (non-hydrogen) atoms. The SMILES string of the molecule is CC(COC(=O)c1cccc(C(=O)OC(C)COC(=O)c2cccc(C(=O)OC(C)COC(=O)c3cccc(C(=O)OC(C)COC(=O)c4ccccc4)c3)c2)c1)OC(=O)c1ccccc1. The van der Waals surface area contributed by atoms with Gasteiger partial charge in [0, 0.05) is 0 Å². The Hall–Kier alpha value is -8.14. The fourth-order valence-electron chi connectivity index (χ4n) is 5.71. The van der Waals surface area contributed by atoms with Crippen LogP contribution in [0.4, 0.5) is 0 Å². The van der Waals surface area contributed by atoms with Crippen molar-refractivity contribution >= 4 is 47.8 Å². The van der Waals surface area contributed by atoms with Gasteiger partial charge in [0.25, 0.3) is 0 Å². The topological polar surface area (TPSA) is 210 Å². The summed E-state index contributed by atoms with van der Waals surface area (Å²) in [7, 11) is 0. The Labute approximate surface area is 379 Å². The highest BCUT2D eigenvalue weighted by Crippen LogP contribution is 2.15. The van der Waals surface area contributed by atoms with Crippen molar-refractivity contribution < 1.29 is 76.3 Å². The molecule has 0 amide bonds. The predicted molar refractivity (Wildman–Crippen MR) is 233 cm³/mol. The van der Waals surface area contributed by atoms with Crippen LogP contribution < -0.4 is 0 Å². The Bertz CT molecular complexity index is 2520. The fraction of sp³-hybridized carbons (Fsp3) is 0.240. The molecule has 0 saturated carbocycles. The maximum Gasteiger partial charge on any atom is 0.338 e. The Balaban J connectivity index is 1.02. The third kappa shape index (κ3) is 15.0. The summed E-state index contributed by atoms with van der Waals surface area (Å²) in [6.45, 7) is 5.00. The molecular weight excluding hydrogens is 857 g/mol. The molecule has 0 saturated heterocycles. The first kappa shape index (κ1) is 48.9. The zero-order valence-corrected chi connectivity index (χ0v) is 36.4. The Kier molecular flexibility index (Phi) is 17.8. The number of esters is 8. The molecule has 0 bridgehead atoms. The first-order valence-electron chi connectivity index (χ1n) is 20.6. The van der Waals surface area contributed by atoms with E-state index in [0.29, 0.717) is 11.1 Å². The average Bonchev–Trinajstić information content (AvgIpc) is 3.33. The van der Waals surface area contributed by atoms with E-state index in [4.69, 9.17) is 37.9 Å². The van der Waals surface area contributed by atoms with E-state index in [-0.39, 0.29) is 59.8 Å². The predicted octanol–water partition coefficient (Wildman–Crippen LogP) is 7.30. The van der Waals surface area contributed by atoms with Crippen LogP contribution in [-0.4, -0.2) is 98.6 Å². The van der Waals surface area contributed by atoms with E-state index < -0.39 is 72.2 Å². The summed E-state index contributed by atoms with van der Waals surface area (Å²) < 4.78 is 42.6. The molecule has 0 aliphatic heterocycles. The van der Waals surface area contributed by atoms with Crippen molar-refractivity contribution in [1.82, 2.24) is 0 Å². The number of ether oxygens (including phenoxy) is 8. The maximum absolute atomic E-state index is 13.0. The Morgan fingerprint density at radius 3 is 0.758 bits per heavy atom. The van der Waals surface area contributed by atoms with Gasteiger partial charge in [-0.2, -0.15) is 0 Å². The Morgan fingerprint density at radius 1 is 0.288 bits per heavy atom. The largest absolute Gasteiger partial charge is 0.458 e. The summed E-state index contributed by atoms with van der Waals surface area (Å²) in [5.74, 6) is -5.90. The number of carbonyl (C=O) groups excluding carboxylic acids is 8. The van der Waals surface area contributed by atoms with Gasteiger partial charge in [-0.05, 0) is 107 Å². The van der Waals surface area contributed by atoms with Crippen LogP contribution in [0.3, 0.4) is 0 Å². The first-order valence-corrected chi connectivity index (χ1v) is 20.6. The normalized spacial score (nSPS) is 12.4. The zero-order valence-electron chi connectivity index (χ0n) is 36.4. The number of hydrogen-bond acceptors (Lipinski definition) is 16. The van der Waals surface area contributed by atoms with E-state index in [1.54, 1.807) is 74.5 Å². The van der Waals surface area contributed by atoms with E-state index in [1.807, 2.05) is 0 Å². The first-order chi connectivity index (χ1) is 31.7. The van der Waals surface area contributed by atoms with Crippen molar-refractivity contribution in [2.24, 2.45) is 0 Å². The van der Waals surface area contributed by atoms with E-state index in [0.717, 1.165) is 0 Å². The van der Waals surface area contributed by atoms with Crippen LogP contribution in [0.15, 0.2) is 133 Å². The molecule has 4 unspecified atom stereocenters. The lowest BCUT2D eigenvalue weighted by molar-refractivity contribution is 0.00355. The van der Waals surface area contributed by atoms with Crippen LogP contribution in [0, 0.1) is 0 Å². The monoisotopic (exact) mass is 902 g/mol. The molecule has 16 nitrogen and oxygen atoms in total. The minimum absolute atomic E-state index is 0.00144. The summed E-state index contributed by atoms with van der Waals surface area (Å²) in [5.41, 5.74) is 0.861. The molecule has 5 aromatic rings. The van der Waals surface area contributed by atoms with E-state index in [1.165, 1.54) is 86.6 Å². The van der Waals surface area contributed by atoms with Gasteiger partial charge >= 0.3 is 47.8 Å². The fourth-order valence-corrected chi connectivity index (χ4v) is 5.71. The highest BCUT2D eigenvalue weighted by atomic mass is 16.6. The number of rotatable bonds is 20. The van der Waals surface area contributed by atoms with Crippen molar-refractivity contribution in [1.29, 1.82) is 0 Å². The van der Waals surface area contributed by atoms with Crippen molar-refractivity contribution in [2.75, 3.05) is 26.4 Å². The molecule has 342 valence electrons. The third-order valence-corrected chi connectivity index (χ3v) is 9.05. The lowest BCUT2D eigenvalue weighted by atomic mass is 10.1. The second kappa shape index (κ2) is 24.1. The van der Waals surface area contributed by atoms with E-state index in [2.05, 4.69) is 0 Å². The van der Waals surface area contributed by atoms with Crippen LogP contribution >= 0.6 is 0 Å². The van der Waals surface area contributed by atoms with E-state index >= 15 is 0 Å². The maximum atomic E-state index is 13.0. The van der Waals surface area contributed by atoms with Crippen LogP contribution in [0.1, 0.15) is 111 Å². The van der Waals surface area contributed by atoms with Crippen LogP contribution in [0.2, 0.25) is 0 Å². The number of hydrogen-bond donors (Lipinski definition) is 0. The molecule has 16 heteroatoms. The summed E-state index contributed by atoms with van der Waals surface area (Å²) in [6.07, 6.45) is -3.37. The van der Waals surface area contributed by atoms with Gasteiger partial charge in [0.2, 0.25) is 0 Å². The molecule has 0 N–H and O–H groups in total. The molecule has 0 aliphatic carbocycles. The minimum atomic E-state index is -0.924. The van der Waals surface area contributed by atoms with Crippen LogP contribution in [0.5, 0.6) is 0 Å². The smallest absolute Gasteiger partial charge is 0.338 e. The quantitative estimate of drug-likeness (QED) is 0.0554. The molecular formula is C50H46O16. The van der Waals surface area contributed by atoms with Gasteiger partial charge in [0.1, 0.15) is 50.8 Å².